The molecular formula is C23H23ClN2O3. The Balaban J connectivity index is 1.50. The lowest BCUT2D eigenvalue weighted by Gasteiger charge is -2.19. The normalized spacial score (nSPS) is 11.6. The number of hydrogen-bond acceptors (Lipinski definition) is 4. The summed E-state index contributed by atoms with van der Waals surface area (Å²) in [5, 5.41) is 4.50. The number of carbonyl (C=O) groups excluding carboxylic acids is 1. The summed E-state index contributed by atoms with van der Waals surface area (Å²) in [5.41, 5.74) is 4.49. The van der Waals surface area contributed by atoms with Gasteiger partial charge in [-0.3, -0.25) is 4.79 Å². The fraction of sp³-hybridized carbons (Fsp3) is 0.217. The zero-order valence-corrected chi connectivity index (χ0v) is 17.4. The van der Waals surface area contributed by atoms with Crippen molar-refractivity contribution in [3.05, 3.63) is 77.0 Å². The van der Waals surface area contributed by atoms with Crippen LogP contribution in [0.15, 0.2) is 70.2 Å². The summed E-state index contributed by atoms with van der Waals surface area (Å²) in [6.07, 6.45) is 1.43. The van der Waals surface area contributed by atoms with E-state index >= 15 is 0 Å². The van der Waals surface area contributed by atoms with Gasteiger partial charge in [0.05, 0.1) is 11.2 Å². The topological polar surface area (TPSA) is 63.8 Å². The summed E-state index contributed by atoms with van der Waals surface area (Å²) < 4.78 is 11.2. The second kappa shape index (κ2) is 8.97. The Bertz CT molecular complexity index is 1000. The number of hydrogen-bond donors (Lipinski definition) is 1. The molecule has 0 aliphatic carbocycles. The molecule has 1 heterocycles. The predicted molar refractivity (Wildman–Crippen MR) is 116 cm³/mol. The van der Waals surface area contributed by atoms with Gasteiger partial charge in [0, 0.05) is 5.56 Å². The molecule has 29 heavy (non-hydrogen) atoms. The van der Waals surface area contributed by atoms with Crippen molar-refractivity contribution in [2.24, 2.45) is 5.10 Å². The minimum absolute atomic E-state index is 0.0716. The molecular weight excluding hydrogens is 388 g/mol. The third-order valence-corrected chi connectivity index (χ3v) is 4.57. The van der Waals surface area contributed by atoms with Crippen LogP contribution in [-0.2, 0) is 10.2 Å². The highest BCUT2D eigenvalue weighted by Gasteiger charge is 2.13. The molecule has 1 amide bonds. The third kappa shape index (κ3) is 5.72. The summed E-state index contributed by atoms with van der Waals surface area (Å²) >= 11 is 6.17. The van der Waals surface area contributed by atoms with E-state index in [-0.39, 0.29) is 17.9 Å². The van der Waals surface area contributed by atoms with Crippen LogP contribution in [0.5, 0.6) is 5.75 Å². The molecule has 0 unspecified atom stereocenters. The second-order valence-electron chi connectivity index (χ2n) is 7.54. The molecule has 3 aromatic rings. The van der Waals surface area contributed by atoms with Gasteiger partial charge in [0.1, 0.15) is 17.3 Å². The van der Waals surface area contributed by atoms with Crippen LogP contribution in [0.2, 0.25) is 5.02 Å². The molecule has 150 valence electrons. The van der Waals surface area contributed by atoms with E-state index in [9.17, 15) is 4.79 Å². The number of amides is 1. The van der Waals surface area contributed by atoms with Gasteiger partial charge >= 0.3 is 0 Å². The maximum absolute atomic E-state index is 11.9. The molecule has 0 bridgehead atoms. The third-order valence-electron chi connectivity index (χ3n) is 4.24. The van der Waals surface area contributed by atoms with Crippen molar-refractivity contribution in [1.82, 2.24) is 5.43 Å². The van der Waals surface area contributed by atoms with E-state index in [0.717, 1.165) is 5.56 Å². The minimum atomic E-state index is -0.362. The summed E-state index contributed by atoms with van der Waals surface area (Å²) in [6, 6.07) is 18.7. The number of furan rings is 1. The molecule has 0 saturated carbocycles. The van der Waals surface area contributed by atoms with Crippen LogP contribution in [-0.4, -0.2) is 18.7 Å². The van der Waals surface area contributed by atoms with Crippen LogP contribution >= 0.6 is 11.6 Å². The molecule has 0 fully saturated rings. The molecule has 0 aliphatic heterocycles. The van der Waals surface area contributed by atoms with Gasteiger partial charge in [-0.2, -0.15) is 5.10 Å². The molecule has 1 aromatic heterocycles. The molecule has 0 aliphatic rings. The van der Waals surface area contributed by atoms with Gasteiger partial charge in [0.2, 0.25) is 0 Å². The van der Waals surface area contributed by atoms with Crippen LogP contribution < -0.4 is 10.2 Å². The Morgan fingerprint density at radius 3 is 2.52 bits per heavy atom. The largest absolute Gasteiger partial charge is 0.484 e. The van der Waals surface area contributed by atoms with E-state index in [1.165, 1.54) is 11.8 Å². The summed E-state index contributed by atoms with van der Waals surface area (Å²) in [5.74, 6) is 1.40. The number of hydrazone groups is 1. The van der Waals surface area contributed by atoms with Crippen molar-refractivity contribution in [2.75, 3.05) is 6.61 Å². The van der Waals surface area contributed by atoms with E-state index in [4.69, 9.17) is 20.8 Å². The SMILES string of the molecule is CC(C)(C)c1ccc(OCC(=O)N/N=C\c2ccc(-c3ccccc3Cl)o2)cc1. The van der Waals surface area contributed by atoms with Crippen molar-refractivity contribution in [2.45, 2.75) is 26.2 Å². The number of carbonyl (C=O) groups is 1. The first kappa shape index (κ1) is 20.7. The second-order valence-corrected chi connectivity index (χ2v) is 7.95. The smallest absolute Gasteiger partial charge is 0.277 e. The Morgan fingerprint density at radius 1 is 1.10 bits per heavy atom. The maximum Gasteiger partial charge on any atom is 0.277 e. The average Bonchev–Trinajstić information content (AvgIpc) is 3.15. The van der Waals surface area contributed by atoms with E-state index < -0.39 is 0 Å². The number of benzene rings is 2. The fourth-order valence-electron chi connectivity index (χ4n) is 2.63. The maximum atomic E-state index is 11.9. The molecule has 5 nitrogen and oxygen atoms in total. The monoisotopic (exact) mass is 410 g/mol. The van der Waals surface area contributed by atoms with Gasteiger partial charge in [-0.05, 0) is 47.4 Å². The van der Waals surface area contributed by atoms with E-state index in [2.05, 4.69) is 31.3 Å². The van der Waals surface area contributed by atoms with Gasteiger partial charge in [-0.15, -0.1) is 0 Å². The highest BCUT2D eigenvalue weighted by Crippen LogP contribution is 2.28. The predicted octanol–water partition coefficient (Wildman–Crippen LogP) is 5.43. The Hall–Kier alpha value is -3.05. The van der Waals surface area contributed by atoms with Gasteiger partial charge < -0.3 is 9.15 Å². The Labute approximate surface area is 175 Å². The van der Waals surface area contributed by atoms with Crippen LogP contribution in [0.1, 0.15) is 32.1 Å². The lowest BCUT2D eigenvalue weighted by atomic mass is 9.87. The summed E-state index contributed by atoms with van der Waals surface area (Å²) in [6.45, 7) is 6.30. The van der Waals surface area contributed by atoms with Gasteiger partial charge in [-0.25, -0.2) is 5.43 Å². The van der Waals surface area contributed by atoms with Crippen molar-refractivity contribution in [1.29, 1.82) is 0 Å². The van der Waals surface area contributed by atoms with E-state index in [1.54, 1.807) is 18.2 Å². The average molecular weight is 411 g/mol. The standard InChI is InChI=1S/C23H23ClN2O3/c1-23(2,3)16-8-10-17(11-9-16)28-15-22(27)26-25-14-18-12-13-21(29-18)19-6-4-5-7-20(19)24/h4-14H,15H2,1-3H3,(H,26,27)/b25-14-. The van der Waals surface area contributed by atoms with Crippen molar-refractivity contribution < 1.29 is 13.9 Å². The summed E-state index contributed by atoms with van der Waals surface area (Å²) in [7, 11) is 0. The van der Waals surface area contributed by atoms with Crippen LogP contribution in [0.4, 0.5) is 0 Å². The quantitative estimate of drug-likeness (QED) is 0.435. The molecule has 0 saturated heterocycles. The molecule has 3 rings (SSSR count). The van der Waals surface area contributed by atoms with Crippen LogP contribution in [0.3, 0.4) is 0 Å². The van der Waals surface area contributed by atoms with Crippen molar-refractivity contribution in [3.63, 3.8) is 0 Å². The Morgan fingerprint density at radius 2 is 1.83 bits per heavy atom. The van der Waals surface area contributed by atoms with Gasteiger partial charge in [0.25, 0.3) is 5.91 Å². The molecule has 6 heteroatoms. The Kier molecular flexibility index (Phi) is 6.39. The molecule has 1 N–H and O–H groups in total. The fourth-order valence-corrected chi connectivity index (χ4v) is 2.86. The summed E-state index contributed by atoms with van der Waals surface area (Å²) in [4.78, 5) is 11.9. The zero-order valence-electron chi connectivity index (χ0n) is 16.6. The van der Waals surface area contributed by atoms with Crippen LogP contribution in [0.25, 0.3) is 11.3 Å². The van der Waals surface area contributed by atoms with Crippen LogP contribution in [0, 0.1) is 0 Å². The lowest BCUT2D eigenvalue weighted by molar-refractivity contribution is -0.123. The molecule has 0 spiro atoms. The molecule has 0 atom stereocenters. The first-order chi connectivity index (χ1) is 13.8. The number of halogens is 1. The van der Waals surface area contributed by atoms with E-state index in [0.29, 0.717) is 22.3 Å². The number of ether oxygens (including phenoxy) is 1. The highest BCUT2D eigenvalue weighted by atomic mass is 35.5. The van der Waals surface area contributed by atoms with Gasteiger partial charge in [0.15, 0.2) is 6.61 Å². The number of nitrogens with one attached hydrogen (secondary N) is 1. The zero-order chi connectivity index (χ0) is 20.9. The first-order valence-electron chi connectivity index (χ1n) is 9.23. The van der Waals surface area contributed by atoms with E-state index in [1.807, 2.05) is 42.5 Å². The first-order valence-corrected chi connectivity index (χ1v) is 9.61. The number of nitrogens with zero attached hydrogens (tertiary/aromatic N) is 1. The van der Waals surface area contributed by atoms with Crippen molar-refractivity contribution in [3.8, 4) is 17.1 Å². The van der Waals surface area contributed by atoms with Crippen molar-refractivity contribution >= 4 is 23.7 Å². The highest BCUT2D eigenvalue weighted by molar-refractivity contribution is 6.33. The molecule has 0 radical (unpaired) electrons. The van der Waals surface area contributed by atoms with Gasteiger partial charge in [-0.1, -0.05) is 56.6 Å². The number of rotatable bonds is 6. The lowest BCUT2D eigenvalue weighted by Crippen LogP contribution is -2.24. The molecule has 2 aromatic carbocycles. The minimum Gasteiger partial charge on any atom is -0.484 e.